The topological polar surface area (TPSA) is 50.9 Å². The maximum absolute atomic E-state index is 13.5. The van der Waals surface area contributed by atoms with E-state index in [-0.39, 0.29) is 16.6 Å². The van der Waals surface area contributed by atoms with Gasteiger partial charge in [-0.25, -0.2) is 13.8 Å². The molecule has 0 fully saturated rings. The van der Waals surface area contributed by atoms with Crippen LogP contribution in [0.1, 0.15) is 11.3 Å². The SMILES string of the molecule is Cc1c(C(F)(F)F)nc2c(F)c(F)ccc2c1NN. The number of nitrogens with one attached hydrogen (secondary N) is 1. The largest absolute Gasteiger partial charge is 0.433 e. The van der Waals surface area contributed by atoms with Gasteiger partial charge in [-0.05, 0) is 19.1 Å². The van der Waals surface area contributed by atoms with E-state index >= 15 is 0 Å². The number of benzene rings is 1. The number of rotatable bonds is 1. The summed E-state index contributed by atoms with van der Waals surface area (Å²) in [5, 5.41) is -0.0214. The minimum Gasteiger partial charge on any atom is -0.323 e. The van der Waals surface area contributed by atoms with E-state index in [1.165, 1.54) is 0 Å². The van der Waals surface area contributed by atoms with Gasteiger partial charge in [-0.2, -0.15) is 13.2 Å². The van der Waals surface area contributed by atoms with Gasteiger partial charge < -0.3 is 5.43 Å². The molecule has 0 bridgehead atoms. The third-order valence-electron chi connectivity index (χ3n) is 2.71. The molecule has 2 rings (SSSR count). The number of hydrogen-bond acceptors (Lipinski definition) is 3. The van der Waals surface area contributed by atoms with Gasteiger partial charge in [0.2, 0.25) is 0 Å². The highest BCUT2D eigenvalue weighted by Gasteiger charge is 2.36. The molecular formula is C11H8F5N3. The number of nitrogen functional groups attached to an aromatic ring is 1. The van der Waals surface area contributed by atoms with Crippen molar-refractivity contribution in [1.29, 1.82) is 0 Å². The van der Waals surface area contributed by atoms with Crippen LogP contribution < -0.4 is 11.3 Å². The second-order valence-electron chi connectivity index (χ2n) is 3.86. The zero-order valence-electron chi connectivity index (χ0n) is 9.57. The number of hydrogen-bond donors (Lipinski definition) is 2. The lowest BCUT2D eigenvalue weighted by molar-refractivity contribution is -0.141. The van der Waals surface area contributed by atoms with Crippen LogP contribution in [0.4, 0.5) is 27.6 Å². The van der Waals surface area contributed by atoms with Crippen molar-refractivity contribution >= 4 is 16.6 Å². The van der Waals surface area contributed by atoms with Crippen molar-refractivity contribution in [3.63, 3.8) is 0 Å². The van der Waals surface area contributed by atoms with Crippen molar-refractivity contribution < 1.29 is 22.0 Å². The van der Waals surface area contributed by atoms with Crippen LogP contribution in [0.5, 0.6) is 0 Å². The maximum atomic E-state index is 13.5. The molecule has 8 heteroatoms. The van der Waals surface area contributed by atoms with E-state index in [0.717, 1.165) is 19.1 Å². The van der Waals surface area contributed by atoms with Gasteiger partial charge in [0.25, 0.3) is 0 Å². The summed E-state index contributed by atoms with van der Waals surface area (Å²) in [5.74, 6) is 2.43. The van der Waals surface area contributed by atoms with Crippen LogP contribution >= 0.6 is 0 Å². The summed E-state index contributed by atoms with van der Waals surface area (Å²) >= 11 is 0. The molecule has 1 heterocycles. The van der Waals surface area contributed by atoms with Crippen molar-refractivity contribution in [3.05, 3.63) is 35.0 Å². The van der Waals surface area contributed by atoms with Crippen LogP contribution in [0.15, 0.2) is 12.1 Å². The van der Waals surface area contributed by atoms with Gasteiger partial charge in [0.15, 0.2) is 11.6 Å². The van der Waals surface area contributed by atoms with Gasteiger partial charge in [-0.3, -0.25) is 5.84 Å². The normalized spacial score (nSPS) is 11.9. The zero-order chi connectivity index (χ0) is 14.4. The molecular weight excluding hydrogens is 269 g/mol. The first-order valence-corrected chi connectivity index (χ1v) is 5.09. The minimum absolute atomic E-state index is 0.0214. The zero-order valence-corrected chi connectivity index (χ0v) is 9.57. The molecule has 0 aliphatic carbocycles. The Labute approximate surface area is 104 Å². The number of hydrazine groups is 1. The molecule has 0 spiro atoms. The summed E-state index contributed by atoms with van der Waals surface area (Å²) in [5.41, 5.74) is -0.383. The Morgan fingerprint density at radius 1 is 1.21 bits per heavy atom. The van der Waals surface area contributed by atoms with Gasteiger partial charge in [0.1, 0.15) is 11.2 Å². The summed E-state index contributed by atoms with van der Waals surface area (Å²) in [7, 11) is 0. The van der Waals surface area contributed by atoms with Crippen LogP contribution in [0, 0.1) is 18.6 Å². The number of fused-ring (bicyclic) bond motifs is 1. The van der Waals surface area contributed by atoms with E-state index in [0.29, 0.717) is 0 Å². The van der Waals surface area contributed by atoms with Crippen molar-refractivity contribution in [2.75, 3.05) is 5.43 Å². The predicted molar refractivity (Wildman–Crippen MR) is 59.2 cm³/mol. The lowest BCUT2D eigenvalue weighted by Crippen LogP contribution is -2.16. The molecule has 3 N–H and O–H groups in total. The second-order valence-corrected chi connectivity index (χ2v) is 3.86. The van der Waals surface area contributed by atoms with Crippen LogP contribution in [0.25, 0.3) is 10.9 Å². The summed E-state index contributed by atoms with van der Waals surface area (Å²) in [6.07, 6.45) is -4.79. The number of pyridine rings is 1. The van der Waals surface area contributed by atoms with Crippen molar-refractivity contribution in [1.82, 2.24) is 4.98 Å². The predicted octanol–water partition coefficient (Wildman–Crippen LogP) is 3.13. The quantitative estimate of drug-likeness (QED) is 0.478. The molecule has 0 unspecified atom stereocenters. The fourth-order valence-electron chi connectivity index (χ4n) is 1.83. The fourth-order valence-corrected chi connectivity index (χ4v) is 1.83. The van der Waals surface area contributed by atoms with Crippen molar-refractivity contribution in [2.24, 2.45) is 5.84 Å². The smallest absolute Gasteiger partial charge is 0.323 e. The number of halogens is 5. The number of anilines is 1. The molecule has 0 saturated carbocycles. The highest BCUT2D eigenvalue weighted by atomic mass is 19.4. The molecule has 0 amide bonds. The van der Waals surface area contributed by atoms with Crippen molar-refractivity contribution in [3.8, 4) is 0 Å². The molecule has 19 heavy (non-hydrogen) atoms. The summed E-state index contributed by atoms with van der Waals surface area (Å²) < 4.78 is 64.9. The van der Waals surface area contributed by atoms with E-state index < -0.39 is 29.0 Å². The Bertz CT molecular complexity index is 651. The van der Waals surface area contributed by atoms with E-state index in [1.54, 1.807) is 0 Å². The lowest BCUT2D eigenvalue weighted by Gasteiger charge is -2.15. The summed E-state index contributed by atoms with van der Waals surface area (Å²) in [6.45, 7) is 1.14. The highest BCUT2D eigenvalue weighted by Crippen LogP contribution is 2.37. The average Bonchev–Trinajstić information content (AvgIpc) is 2.32. The number of nitrogens with zero attached hydrogens (tertiary/aromatic N) is 1. The molecule has 3 nitrogen and oxygen atoms in total. The number of alkyl halides is 3. The Balaban J connectivity index is 2.96. The van der Waals surface area contributed by atoms with Gasteiger partial charge in [-0.15, -0.1) is 0 Å². The molecule has 0 atom stereocenters. The minimum atomic E-state index is -4.79. The molecule has 1 aromatic heterocycles. The second kappa shape index (κ2) is 4.30. The Kier molecular flexibility index (Phi) is 3.05. The van der Waals surface area contributed by atoms with E-state index in [1.807, 2.05) is 0 Å². The van der Waals surface area contributed by atoms with Gasteiger partial charge in [0, 0.05) is 10.9 Å². The van der Waals surface area contributed by atoms with Crippen LogP contribution in [-0.2, 0) is 6.18 Å². The first-order valence-electron chi connectivity index (χ1n) is 5.09. The summed E-state index contributed by atoms with van der Waals surface area (Å²) in [6, 6.07) is 1.91. The monoisotopic (exact) mass is 277 g/mol. The van der Waals surface area contributed by atoms with E-state index in [4.69, 9.17) is 5.84 Å². The molecule has 0 saturated heterocycles. The average molecular weight is 277 g/mol. The molecule has 0 radical (unpaired) electrons. The first kappa shape index (κ1) is 13.5. The maximum Gasteiger partial charge on any atom is 0.433 e. The van der Waals surface area contributed by atoms with Crippen LogP contribution in [0.2, 0.25) is 0 Å². The third-order valence-corrected chi connectivity index (χ3v) is 2.71. The third kappa shape index (κ3) is 2.07. The lowest BCUT2D eigenvalue weighted by atomic mass is 10.1. The standard InChI is InChI=1S/C11H8F5N3/c1-4-8(19-17)5-2-3-6(12)7(13)9(5)18-10(4)11(14,15)16/h2-3H,17H2,1H3,(H,18,19). The molecule has 102 valence electrons. The van der Waals surface area contributed by atoms with E-state index in [9.17, 15) is 22.0 Å². The molecule has 0 aliphatic rings. The van der Waals surface area contributed by atoms with Gasteiger partial charge in [0.05, 0.1) is 5.69 Å². The first-order chi connectivity index (χ1) is 8.77. The highest BCUT2D eigenvalue weighted by molar-refractivity contribution is 5.93. The molecule has 1 aromatic carbocycles. The Morgan fingerprint density at radius 3 is 2.37 bits per heavy atom. The van der Waals surface area contributed by atoms with Crippen LogP contribution in [0.3, 0.4) is 0 Å². The summed E-state index contributed by atoms with van der Waals surface area (Å²) in [4.78, 5) is 3.18. The van der Waals surface area contributed by atoms with Crippen molar-refractivity contribution in [2.45, 2.75) is 13.1 Å². The number of nitrogens with two attached hydrogens (primary N) is 1. The fraction of sp³-hybridized carbons (Fsp3) is 0.182. The van der Waals surface area contributed by atoms with Crippen LogP contribution in [-0.4, -0.2) is 4.98 Å². The molecule has 0 aliphatic heterocycles. The Hall–Kier alpha value is -1.96. The molecule has 2 aromatic rings. The van der Waals surface area contributed by atoms with Gasteiger partial charge in [-0.1, -0.05) is 0 Å². The number of aromatic nitrogens is 1. The van der Waals surface area contributed by atoms with Gasteiger partial charge >= 0.3 is 6.18 Å². The Morgan fingerprint density at radius 2 is 1.84 bits per heavy atom. The van der Waals surface area contributed by atoms with E-state index in [2.05, 4.69) is 10.4 Å².